The quantitative estimate of drug-likeness (QED) is 0.828. The van der Waals surface area contributed by atoms with Crippen LogP contribution in [0.4, 0.5) is 10.1 Å². The van der Waals surface area contributed by atoms with Crippen LogP contribution in [-0.4, -0.2) is 44.5 Å². The average molecular weight is 405 g/mol. The summed E-state index contributed by atoms with van der Waals surface area (Å²) in [5, 5.41) is 6.52. The molecule has 1 atom stereocenters. The van der Waals surface area contributed by atoms with Crippen LogP contribution in [0.1, 0.15) is 17.5 Å². The lowest BCUT2D eigenvalue weighted by Gasteiger charge is -2.15. The molecule has 28 heavy (non-hydrogen) atoms. The van der Waals surface area contributed by atoms with E-state index in [4.69, 9.17) is 4.84 Å². The van der Waals surface area contributed by atoms with Crippen LogP contribution in [0.25, 0.3) is 0 Å². The molecule has 7 nitrogen and oxygen atoms in total. The molecule has 2 aromatic carbocycles. The zero-order chi connectivity index (χ0) is 20.5. The molecule has 1 aliphatic rings. The van der Waals surface area contributed by atoms with E-state index >= 15 is 0 Å². The fourth-order valence-electron chi connectivity index (χ4n) is 2.73. The molecular weight excluding hydrogens is 385 g/mol. The zero-order valence-corrected chi connectivity index (χ0v) is 16.5. The van der Waals surface area contributed by atoms with Crippen molar-refractivity contribution in [2.75, 3.05) is 19.4 Å². The lowest BCUT2D eigenvalue weighted by Crippen LogP contribution is -2.28. The molecular formula is C19H20FN3O4S. The number of aryl methyl sites for hydroxylation is 1. The topological polar surface area (TPSA) is 88.1 Å². The Labute approximate surface area is 162 Å². The molecule has 0 aromatic heterocycles. The van der Waals surface area contributed by atoms with Crippen molar-refractivity contribution in [3.63, 3.8) is 0 Å². The van der Waals surface area contributed by atoms with E-state index in [0.717, 1.165) is 4.31 Å². The van der Waals surface area contributed by atoms with Gasteiger partial charge in [-0.15, -0.1) is 0 Å². The average Bonchev–Trinajstić information content (AvgIpc) is 3.13. The third-order valence-corrected chi connectivity index (χ3v) is 6.29. The van der Waals surface area contributed by atoms with Crippen LogP contribution in [0.5, 0.6) is 0 Å². The Kier molecular flexibility index (Phi) is 5.48. The Morgan fingerprint density at radius 2 is 2.00 bits per heavy atom. The van der Waals surface area contributed by atoms with Gasteiger partial charge in [-0.1, -0.05) is 23.4 Å². The van der Waals surface area contributed by atoms with Crippen LogP contribution in [-0.2, 0) is 19.7 Å². The van der Waals surface area contributed by atoms with Crippen LogP contribution in [0.15, 0.2) is 52.5 Å². The Balaban J connectivity index is 1.73. The van der Waals surface area contributed by atoms with Crippen LogP contribution < -0.4 is 5.32 Å². The van der Waals surface area contributed by atoms with E-state index in [-0.39, 0.29) is 11.3 Å². The maximum Gasteiger partial charge on any atom is 0.268 e. The van der Waals surface area contributed by atoms with E-state index in [1.165, 1.54) is 32.3 Å². The first-order valence-corrected chi connectivity index (χ1v) is 9.95. The molecule has 1 amide bonds. The van der Waals surface area contributed by atoms with E-state index in [2.05, 4.69) is 10.5 Å². The molecule has 0 saturated heterocycles. The van der Waals surface area contributed by atoms with Gasteiger partial charge in [0, 0.05) is 31.8 Å². The van der Waals surface area contributed by atoms with Gasteiger partial charge in [-0.2, -0.15) is 0 Å². The minimum absolute atomic E-state index is 0.111. The van der Waals surface area contributed by atoms with Crippen molar-refractivity contribution >= 4 is 27.3 Å². The lowest BCUT2D eigenvalue weighted by molar-refractivity contribution is -0.125. The predicted octanol–water partition coefficient (Wildman–Crippen LogP) is 2.52. The number of oxime groups is 1. The summed E-state index contributed by atoms with van der Waals surface area (Å²) in [7, 11) is -0.757. The standard InChI is InChI=1S/C19H20FN3O4S/c1-12-7-8-15(10-18(12)28(25,26)23(2)3)21-19(24)17-11-16(22-27-17)13-5-4-6-14(20)9-13/h4-10,17H,11H2,1-3H3,(H,21,24)/t17-/m1/s1. The van der Waals surface area contributed by atoms with Crippen molar-refractivity contribution in [2.45, 2.75) is 24.3 Å². The van der Waals surface area contributed by atoms with E-state index in [0.29, 0.717) is 22.5 Å². The van der Waals surface area contributed by atoms with Crippen molar-refractivity contribution in [1.82, 2.24) is 4.31 Å². The molecule has 2 aromatic rings. The summed E-state index contributed by atoms with van der Waals surface area (Å²) < 4.78 is 39.3. The first-order chi connectivity index (χ1) is 13.2. The van der Waals surface area contributed by atoms with Gasteiger partial charge in [0.15, 0.2) is 0 Å². The summed E-state index contributed by atoms with van der Waals surface area (Å²) in [6, 6.07) is 10.5. The Bertz CT molecular complexity index is 1050. The smallest absolute Gasteiger partial charge is 0.268 e. The van der Waals surface area contributed by atoms with E-state index in [9.17, 15) is 17.6 Å². The summed E-state index contributed by atoms with van der Waals surface area (Å²) in [6.45, 7) is 1.68. The van der Waals surface area contributed by atoms with Gasteiger partial charge in [-0.05, 0) is 36.8 Å². The van der Waals surface area contributed by atoms with Crippen molar-refractivity contribution < 1.29 is 22.4 Å². The third kappa shape index (κ3) is 4.05. The highest BCUT2D eigenvalue weighted by Gasteiger charge is 2.29. The van der Waals surface area contributed by atoms with Crippen LogP contribution in [0, 0.1) is 12.7 Å². The van der Waals surface area contributed by atoms with Gasteiger partial charge < -0.3 is 10.2 Å². The molecule has 0 bridgehead atoms. The molecule has 3 rings (SSSR count). The Hall–Kier alpha value is -2.78. The van der Waals surface area contributed by atoms with Gasteiger partial charge in [-0.25, -0.2) is 17.1 Å². The van der Waals surface area contributed by atoms with Crippen LogP contribution in [0.2, 0.25) is 0 Å². The minimum Gasteiger partial charge on any atom is -0.382 e. The van der Waals surface area contributed by atoms with Gasteiger partial charge >= 0.3 is 0 Å². The molecule has 0 aliphatic carbocycles. The number of nitrogens with zero attached hydrogens (tertiary/aromatic N) is 2. The molecule has 0 radical (unpaired) electrons. The highest BCUT2D eigenvalue weighted by Crippen LogP contribution is 2.24. The number of sulfonamides is 1. The number of hydrogen-bond acceptors (Lipinski definition) is 5. The van der Waals surface area contributed by atoms with Crippen LogP contribution >= 0.6 is 0 Å². The summed E-state index contributed by atoms with van der Waals surface area (Å²) in [5.41, 5.74) is 1.92. The van der Waals surface area contributed by atoms with Gasteiger partial charge in [0.1, 0.15) is 5.82 Å². The summed E-state index contributed by atoms with van der Waals surface area (Å²) in [6.07, 6.45) is -0.697. The third-order valence-electron chi connectivity index (χ3n) is 4.33. The Morgan fingerprint density at radius 1 is 1.25 bits per heavy atom. The second kappa shape index (κ2) is 7.69. The normalized spacial score (nSPS) is 16.6. The Morgan fingerprint density at radius 3 is 2.68 bits per heavy atom. The fraction of sp³-hybridized carbons (Fsp3) is 0.263. The SMILES string of the molecule is Cc1ccc(NC(=O)[C@H]2CC(c3cccc(F)c3)=NO2)cc1S(=O)(=O)N(C)C. The van der Waals surface area contributed by atoms with Crippen molar-refractivity contribution in [2.24, 2.45) is 5.16 Å². The summed E-state index contributed by atoms with van der Waals surface area (Å²) in [5.74, 6) is -0.866. The van der Waals surface area contributed by atoms with Crippen molar-refractivity contribution in [1.29, 1.82) is 0 Å². The summed E-state index contributed by atoms with van der Waals surface area (Å²) in [4.78, 5) is 17.8. The molecule has 1 heterocycles. The molecule has 148 valence electrons. The van der Waals surface area contributed by atoms with Crippen LogP contribution in [0.3, 0.4) is 0 Å². The van der Waals surface area contributed by atoms with E-state index in [1.54, 1.807) is 31.2 Å². The molecule has 0 fully saturated rings. The van der Waals surface area contributed by atoms with Crippen molar-refractivity contribution in [3.05, 3.63) is 59.4 Å². The van der Waals surface area contributed by atoms with E-state index < -0.39 is 27.9 Å². The van der Waals surface area contributed by atoms with Gasteiger partial charge in [0.05, 0.1) is 10.6 Å². The first kappa shape index (κ1) is 20.0. The largest absolute Gasteiger partial charge is 0.382 e. The number of hydrogen-bond donors (Lipinski definition) is 1. The maximum absolute atomic E-state index is 13.4. The number of carbonyl (C=O) groups excluding carboxylic acids is 1. The minimum atomic E-state index is -3.64. The second-order valence-corrected chi connectivity index (χ2v) is 8.72. The highest BCUT2D eigenvalue weighted by molar-refractivity contribution is 7.89. The van der Waals surface area contributed by atoms with E-state index in [1.807, 2.05) is 0 Å². The maximum atomic E-state index is 13.4. The number of nitrogens with one attached hydrogen (secondary N) is 1. The van der Waals surface area contributed by atoms with Gasteiger partial charge in [0.25, 0.3) is 5.91 Å². The number of halogens is 1. The molecule has 0 saturated carbocycles. The molecule has 0 unspecified atom stereocenters. The first-order valence-electron chi connectivity index (χ1n) is 8.51. The van der Waals surface area contributed by atoms with Gasteiger partial charge in [-0.3, -0.25) is 4.79 Å². The number of rotatable bonds is 5. The number of carbonyl (C=O) groups is 1. The monoisotopic (exact) mass is 405 g/mol. The summed E-state index contributed by atoms with van der Waals surface area (Å²) >= 11 is 0. The van der Waals surface area contributed by atoms with Gasteiger partial charge in [0.2, 0.25) is 16.1 Å². The number of amides is 1. The fourth-order valence-corrected chi connectivity index (χ4v) is 3.88. The molecule has 1 aliphatic heterocycles. The number of anilines is 1. The molecule has 1 N–H and O–H groups in total. The zero-order valence-electron chi connectivity index (χ0n) is 15.6. The van der Waals surface area contributed by atoms with Crippen molar-refractivity contribution in [3.8, 4) is 0 Å². The lowest BCUT2D eigenvalue weighted by atomic mass is 10.0. The highest BCUT2D eigenvalue weighted by atomic mass is 32.2. The molecule has 0 spiro atoms. The predicted molar refractivity (Wildman–Crippen MR) is 103 cm³/mol. The number of benzene rings is 2. The second-order valence-electron chi connectivity index (χ2n) is 6.60. The molecule has 9 heteroatoms.